The van der Waals surface area contributed by atoms with Gasteiger partial charge in [0.1, 0.15) is 6.33 Å². The molecule has 19 heavy (non-hydrogen) atoms. The lowest BCUT2D eigenvalue weighted by Crippen LogP contribution is -2.41. The first-order valence-corrected chi connectivity index (χ1v) is 6.17. The molecule has 0 saturated heterocycles. The summed E-state index contributed by atoms with van der Waals surface area (Å²) in [6, 6.07) is 1.36. The van der Waals surface area contributed by atoms with Gasteiger partial charge < -0.3 is 15.7 Å². The lowest BCUT2D eigenvalue weighted by Gasteiger charge is -2.13. The summed E-state index contributed by atoms with van der Waals surface area (Å²) in [5, 5.41) is 14.3. The third-order valence-corrected chi connectivity index (χ3v) is 3.19. The first kappa shape index (κ1) is 13.3. The van der Waals surface area contributed by atoms with Crippen molar-refractivity contribution < 1.29 is 14.7 Å². The molecule has 0 radical (unpaired) electrons. The Hall–Kier alpha value is -2.18. The number of nitrogens with zero attached hydrogens (tertiary/aromatic N) is 2. The van der Waals surface area contributed by atoms with E-state index >= 15 is 0 Å². The standard InChI is InChI=1S/C12H16N4O3/c17-11(18)8-1-2-9(5-8)16-12(19)14-6-10-3-4-13-7-15-10/h3-4,7-9H,1-2,5-6H2,(H,17,18)(H2,14,16,19). The summed E-state index contributed by atoms with van der Waals surface area (Å²) in [6.45, 7) is 0.323. The smallest absolute Gasteiger partial charge is 0.315 e. The molecule has 2 unspecified atom stereocenters. The highest BCUT2D eigenvalue weighted by Crippen LogP contribution is 2.25. The number of carbonyl (C=O) groups excluding carboxylic acids is 1. The van der Waals surface area contributed by atoms with Gasteiger partial charge in [-0.25, -0.2) is 14.8 Å². The maximum atomic E-state index is 11.6. The van der Waals surface area contributed by atoms with Gasteiger partial charge >= 0.3 is 12.0 Å². The van der Waals surface area contributed by atoms with Crippen molar-refractivity contribution >= 4 is 12.0 Å². The molecule has 0 aromatic carbocycles. The number of carbonyl (C=O) groups is 2. The molecule has 7 nitrogen and oxygen atoms in total. The van der Waals surface area contributed by atoms with Crippen molar-refractivity contribution in [1.82, 2.24) is 20.6 Å². The molecular formula is C12H16N4O3. The average molecular weight is 264 g/mol. The molecule has 2 atom stereocenters. The minimum absolute atomic E-state index is 0.0634. The van der Waals surface area contributed by atoms with E-state index in [1.807, 2.05) is 0 Å². The van der Waals surface area contributed by atoms with Crippen LogP contribution >= 0.6 is 0 Å². The van der Waals surface area contributed by atoms with Crippen LogP contribution in [-0.4, -0.2) is 33.1 Å². The molecule has 102 valence electrons. The van der Waals surface area contributed by atoms with Gasteiger partial charge in [-0.3, -0.25) is 4.79 Å². The molecule has 0 spiro atoms. The van der Waals surface area contributed by atoms with Crippen LogP contribution in [0.2, 0.25) is 0 Å². The van der Waals surface area contributed by atoms with Crippen molar-refractivity contribution in [3.05, 3.63) is 24.3 Å². The number of urea groups is 1. The van der Waals surface area contributed by atoms with Gasteiger partial charge in [-0.05, 0) is 25.3 Å². The first-order valence-electron chi connectivity index (χ1n) is 6.17. The van der Waals surface area contributed by atoms with Crippen molar-refractivity contribution in [2.24, 2.45) is 5.92 Å². The number of nitrogens with one attached hydrogen (secondary N) is 2. The van der Waals surface area contributed by atoms with Crippen LogP contribution in [-0.2, 0) is 11.3 Å². The number of carboxylic acid groups (broad SMARTS) is 1. The third kappa shape index (κ3) is 3.90. The Morgan fingerprint density at radius 3 is 2.89 bits per heavy atom. The molecule has 3 N–H and O–H groups in total. The highest BCUT2D eigenvalue weighted by Gasteiger charge is 2.30. The Kier molecular flexibility index (Phi) is 4.27. The third-order valence-electron chi connectivity index (χ3n) is 3.19. The van der Waals surface area contributed by atoms with Crippen LogP contribution in [0.4, 0.5) is 4.79 Å². The summed E-state index contributed by atoms with van der Waals surface area (Å²) in [4.78, 5) is 30.2. The fourth-order valence-corrected chi connectivity index (χ4v) is 2.17. The molecule has 0 aliphatic heterocycles. The van der Waals surface area contributed by atoms with Crippen LogP contribution in [0.1, 0.15) is 25.0 Å². The minimum atomic E-state index is -0.786. The molecule has 1 fully saturated rings. The average Bonchev–Trinajstić information content (AvgIpc) is 2.86. The van der Waals surface area contributed by atoms with Gasteiger partial charge in [-0.15, -0.1) is 0 Å². The molecule has 1 aliphatic rings. The van der Waals surface area contributed by atoms with E-state index in [-0.39, 0.29) is 18.0 Å². The van der Waals surface area contributed by atoms with Gasteiger partial charge in [-0.2, -0.15) is 0 Å². The van der Waals surface area contributed by atoms with E-state index in [9.17, 15) is 9.59 Å². The predicted molar refractivity (Wildman–Crippen MR) is 66.2 cm³/mol. The van der Waals surface area contributed by atoms with Crippen molar-refractivity contribution in [3.63, 3.8) is 0 Å². The van der Waals surface area contributed by atoms with Crippen molar-refractivity contribution in [1.29, 1.82) is 0 Å². The van der Waals surface area contributed by atoms with Gasteiger partial charge in [0, 0.05) is 12.2 Å². The normalized spacial score (nSPS) is 21.9. The van der Waals surface area contributed by atoms with Crippen molar-refractivity contribution in [2.45, 2.75) is 31.8 Å². The molecule has 1 aromatic rings. The van der Waals surface area contributed by atoms with Gasteiger partial charge in [0.2, 0.25) is 0 Å². The maximum Gasteiger partial charge on any atom is 0.315 e. The second-order valence-electron chi connectivity index (χ2n) is 4.57. The number of hydrogen-bond donors (Lipinski definition) is 3. The molecule has 1 saturated carbocycles. The van der Waals surface area contributed by atoms with Gasteiger partial charge in [0.15, 0.2) is 0 Å². The fourth-order valence-electron chi connectivity index (χ4n) is 2.17. The summed E-state index contributed by atoms with van der Waals surface area (Å²) in [5.41, 5.74) is 0.722. The zero-order chi connectivity index (χ0) is 13.7. The lowest BCUT2D eigenvalue weighted by atomic mass is 10.1. The molecular weight excluding hydrogens is 248 g/mol. The highest BCUT2D eigenvalue weighted by atomic mass is 16.4. The Morgan fingerprint density at radius 2 is 2.26 bits per heavy atom. The van der Waals surface area contributed by atoms with Crippen LogP contribution in [0.25, 0.3) is 0 Å². The SMILES string of the molecule is O=C(NCc1ccncn1)NC1CCC(C(=O)O)C1. The van der Waals surface area contributed by atoms with E-state index in [1.165, 1.54) is 6.33 Å². The zero-order valence-electron chi connectivity index (χ0n) is 10.4. The van der Waals surface area contributed by atoms with E-state index in [1.54, 1.807) is 12.3 Å². The molecule has 1 aliphatic carbocycles. The Balaban J connectivity index is 1.72. The number of rotatable bonds is 4. The first-order chi connectivity index (χ1) is 9.15. The van der Waals surface area contributed by atoms with Crippen molar-refractivity contribution in [2.75, 3.05) is 0 Å². The van der Waals surface area contributed by atoms with Crippen LogP contribution in [0.3, 0.4) is 0 Å². The topological polar surface area (TPSA) is 104 Å². The molecule has 0 bridgehead atoms. The fraction of sp³-hybridized carbons (Fsp3) is 0.500. The highest BCUT2D eigenvalue weighted by molar-refractivity contribution is 5.75. The molecule has 7 heteroatoms. The van der Waals surface area contributed by atoms with E-state index < -0.39 is 5.97 Å². The number of hydrogen-bond acceptors (Lipinski definition) is 4. The largest absolute Gasteiger partial charge is 0.481 e. The second-order valence-corrected chi connectivity index (χ2v) is 4.57. The lowest BCUT2D eigenvalue weighted by molar-refractivity contribution is -0.141. The Bertz CT molecular complexity index is 452. The molecule has 1 aromatic heterocycles. The summed E-state index contributed by atoms with van der Waals surface area (Å²) in [7, 11) is 0. The zero-order valence-corrected chi connectivity index (χ0v) is 10.4. The summed E-state index contributed by atoms with van der Waals surface area (Å²) >= 11 is 0. The van der Waals surface area contributed by atoms with E-state index in [0.717, 1.165) is 5.69 Å². The number of carboxylic acids is 1. The maximum absolute atomic E-state index is 11.6. The second kappa shape index (κ2) is 6.12. The van der Waals surface area contributed by atoms with E-state index in [4.69, 9.17) is 5.11 Å². The molecule has 2 amide bonds. The van der Waals surface area contributed by atoms with Gasteiger partial charge in [0.25, 0.3) is 0 Å². The van der Waals surface area contributed by atoms with Crippen LogP contribution in [0.5, 0.6) is 0 Å². The van der Waals surface area contributed by atoms with Crippen molar-refractivity contribution in [3.8, 4) is 0 Å². The quantitative estimate of drug-likeness (QED) is 0.735. The van der Waals surface area contributed by atoms with Crippen LogP contribution in [0, 0.1) is 5.92 Å². The van der Waals surface area contributed by atoms with E-state index in [0.29, 0.717) is 25.8 Å². The van der Waals surface area contributed by atoms with Crippen LogP contribution < -0.4 is 10.6 Å². The minimum Gasteiger partial charge on any atom is -0.481 e. The van der Waals surface area contributed by atoms with Gasteiger partial charge in [-0.1, -0.05) is 0 Å². The molecule has 1 heterocycles. The predicted octanol–water partition coefficient (Wildman–Crippen LogP) is 0.529. The number of aromatic nitrogens is 2. The number of aliphatic carboxylic acids is 1. The van der Waals surface area contributed by atoms with Crippen LogP contribution in [0.15, 0.2) is 18.6 Å². The summed E-state index contributed by atoms with van der Waals surface area (Å²) in [6.07, 6.45) is 4.85. The Morgan fingerprint density at radius 1 is 1.42 bits per heavy atom. The van der Waals surface area contributed by atoms with Gasteiger partial charge in [0.05, 0.1) is 18.2 Å². The monoisotopic (exact) mass is 264 g/mol. The van der Waals surface area contributed by atoms with E-state index in [2.05, 4.69) is 20.6 Å². The molecule has 2 rings (SSSR count). The number of amides is 2. The summed E-state index contributed by atoms with van der Waals surface area (Å²) < 4.78 is 0. The summed E-state index contributed by atoms with van der Waals surface area (Å²) in [5.74, 6) is -1.13. The Labute approximate surface area is 110 Å².